The molecule has 3 aromatic rings. The van der Waals surface area contributed by atoms with E-state index in [9.17, 15) is 18.4 Å². The number of rotatable bonds is 10. The first kappa shape index (κ1) is 27.1. The predicted octanol–water partition coefficient (Wildman–Crippen LogP) is 6.53. The first-order valence-corrected chi connectivity index (χ1v) is 12.0. The van der Waals surface area contributed by atoms with Gasteiger partial charge in [0.2, 0.25) is 0 Å². The van der Waals surface area contributed by atoms with Gasteiger partial charge < -0.3 is 9.84 Å². The van der Waals surface area contributed by atoms with Crippen molar-refractivity contribution in [3.05, 3.63) is 75.4 Å². The van der Waals surface area contributed by atoms with Crippen LogP contribution in [0.15, 0.2) is 41.3 Å². The first-order chi connectivity index (χ1) is 17.1. The van der Waals surface area contributed by atoms with Gasteiger partial charge in [0, 0.05) is 39.8 Å². The quantitative estimate of drug-likeness (QED) is 0.235. The Morgan fingerprint density at radius 2 is 1.89 bits per heavy atom. The van der Waals surface area contributed by atoms with Gasteiger partial charge in [-0.3, -0.25) is 10.1 Å². The van der Waals surface area contributed by atoms with Gasteiger partial charge in [0.1, 0.15) is 17.5 Å². The van der Waals surface area contributed by atoms with Gasteiger partial charge in [-0.15, -0.1) is 11.3 Å². The summed E-state index contributed by atoms with van der Waals surface area (Å²) in [4.78, 5) is 27.7. The number of carbonyl (C=O) groups is 2. The molecular weight excluding hydrogens is 493 g/mol. The van der Waals surface area contributed by atoms with Crippen molar-refractivity contribution in [2.75, 3.05) is 11.9 Å². The summed E-state index contributed by atoms with van der Waals surface area (Å²) in [5.74, 6) is -4.32. The average molecular weight is 519 g/mol. The lowest BCUT2D eigenvalue weighted by Gasteiger charge is -2.09. The first-order valence-electron chi connectivity index (χ1n) is 11.1. The van der Waals surface area contributed by atoms with E-state index in [0.29, 0.717) is 23.8 Å². The van der Waals surface area contributed by atoms with Crippen molar-refractivity contribution in [1.82, 2.24) is 4.98 Å². The molecule has 0 fully saturated rings. The maximum atomic E-state index is 15.0. The summed E-state index contributed by atoms with van der Waals surface area (Å²) in [5, 5.41) is 13.0. The highest BCUT2D eigenvalue weighted by atomic mass is 32.1. The number of nitrogens with one attached hydrogen (secondary N) is 1. The smallest absolute Gasteiger partial charge is 0.331 e. The van der Waals surface area contributed by atoms with Crippen molar-refractivity contribution >= 4 is 34.4 Å². The minimum atomic E-state index is -1.32. The lowest BCUT2D eigenvalue weighted by molar-refractivity contribution is -0.132. The molecule has 0 saturated carbocycles. The number of carboxylic acids is 1. The van der Waals surface area contributed by atoms with Crippen molar-refractivity contribution in [1.29, 1.82) is 0 Å². The number of hydrogen-bond donors (Lipinski definition) is 2. The standard InChI is InChI=1S/C26H25F3N2O4S/c1-14(2)7-8-35-12-16-5-4-6-18(23(16)29)22-13-36-26(30-22)31-24(32)17-10-20(27)19(21(28)11-17)9-15(3)25(33)34/h4-6,9-11,13-14H,7-8,12H2,1-3H3,(H,33,34)(H,30,31,32). The fourth-order valence-electron chi connectivity index (χ4n) is 3.15. The summed E-state index contributed by atoms with van der Waals surface area (Å²) in [6.45, 7) is 5.98. The molecule has 0 bridgehead atoms. The summed E-state index contributed by atoms with van der Waals surface area (Å²) in [7, 11) is 0. The molecule has 0 unspecified atom stereocenters. The zero-order valence-corrected chi connectivity index (χ0v) is 20.7. The molecule has 0 radical (unpaired) electrons. The molecule has 0 saturated heterocycles. The normalized spacial score (nSPS) is 11.7. The monoisotopic (exact) mass is 518 g/mol. The van der Waals surface area contributed by atoms with E-state index in [1.54, 1.807) is 23.6 Å². The second-order valence-corrected chi connectivity index (χ2v) is 9.35. The van der Waals surface area contributed by atoms with E-state index < -0.39 is 34.9 Å². The fourth-order valence-corrected chi connectivity index (χ4v) is 3.85. The van der Waals surface area contributed by atoms with Crippen LogP contribution in [-0.4, -0.2) is 28.6 Å². The minimum Gasteiger partial charge on any atom is -0.478 e. The van der Waals surface area contributed by atoms with Gasteiger partial charge >= 0.3 is 5.97 Å². The van der Waals surface area contributed by atoms with Crippen LogP contribution in [0, 0.1) is 23.4 Å². The Morgan fingerprint density at radius 1 is 1.19 bits per heavy atom. The summed E-state index contributed by atoms with van der Waals surface area (Å²) >= 11 is 1.03. The molecule has 2 aromatic carbocycles. The van der Waals surface area contributed by atoms with Gasteiger partial charge in [-0.05, 0) is 43.5 Å². The molecule has 1 heterocycles. The number of halogens is 3. The zero-order valence-electron chi connectivity index (χ0n) is 19.9. The molecule has 2 N–H and O–H groups in total. The Labute approximate surface area is 210 Å². The number of ether oxygens (including phenoxy) is 1. The topological polar surface area (TPSA) is 88.5 Å². The van der Waals surface area contributed by atoms with Crippen LogP contribution in [0.3, 0.4) is 0 Å². The molecule has 1 aromatic heterocycles. The third-order valence-electron chi connectivity index (χ3n) is 5.22. The highest BCUT2D eigenvalue weighted by Gasteiger charge is 2.18. The van der Waals surface area contributed by atoms with Gasteiger partial charge in [-0.2, -0.15) is 0 Å². The van der Waals surface area contributed by atoms with E-state index in [4.69, 9.17) is 9.84 Å². The van der Waals surface area contributed by atoms with E-state index in [0.717, 1.165) is 36.0 Å². The number of aromatic nitrogens is 1. The van der Waals surface area contributed by atoms with Gasteiger partial charge in [0.15, 0.2) is 5.13 Å². The molecule has 0 spiro atoms. The van der Waals surface area contributed by atoms with Crippen molar-refractivity contribution in [2.24, 2.45) is 5.92 Å². The molecule has 10 heteroatoms. The Hall–Kier alpha value is -3.50. The summed E-state index contributed by atoms with van der Waals surface area (Å²) in [5.41, 5.74) is -0.241. The maximum Gasteiger partial charge on any atom is 0.331 e. The Bertz CT molecular complexity index is 1280. The van der Waals surface area contributed by atoms with Crippen molar-refractivity contribution in [2.45, 2.75) is 33.8 Å². The summed E-state index contributed by atoms with van der Waals surface area (Å²) < 4.78 is 49.3. The Kier molecular flexibility index (Phi) is 9.00. The van der Waals surface area contributed by atoms with E-state index >= 15 is 4.39 Å². The van der Waals surface area contributed by atoms with Crippen LogP contribution in [-0.2, 0) is 16.1 Å². The fraction of sp³-hybridized carbons (Fsp3) is 0.269. The maximum absolute atomic E-state index is 15.0. The molecule has 0 aliphatic rings. The number of anilines is 1. The number of carbonyl (C=O) groups excluding carboxylic acids is 1. The SMILES string of the molecule is CC(=Cc1c(F)cc(C(=O)Nc2nc(-c3cccc(COCCC(C)C)c3F)cs2)cc1F)C(=O)O. The molecule has 190 valence electrons. The molecule has 6 nitrogen and oxygen atoms in total. The number of hydrogen-bond acceptors (Lipinski definition) is 5. The van der Waals surface area contributed by atoms with Crippen LogP contribution in [0.2, 0.25) is 0 Å². The lowest BCUT2D eigenvalue weighted by Crippen LogP contribution is -2.13. The van der Waals surface area contributed by atoms with Crippen LogP contribution in [0.5, 0.6) is 0 Å². The second kappa shape index (κ2) is 12.0. The van der Waals surface area contributed by atoms with E-state index in [-0.39, 0.29) is 28.4 Å². The van der Waals surface area contributed by atoms with Gasteiger partial charge in [-0.25, -0.2) is 22.9 Å². The highest BCUT2D eigenvalue weighted by molar-refractivity contribution is 7.14. The minimum absolute atomic E-state index is 0.111. The van der Waals surface area contributed by atoms with Crippen molar-refractivity contribution < 1.29 is 32.6 Å². The number of carboxylic acid groups (broad SMARTS) is 1. The van der Waals surface area contributed by atoms with Crippen LogP contribution in [0.4, 0.5) is 18.3 Å². The lowest BCUT2D eigenvalue weighted by atomic mass is 10.1. The van der Waals surface area contributed by atoms with Gasteiger partial charge in [-0.1, -0.05) is 26.0 Å². The van der Waals surface area contributed by atoms with Crippen LogP contribution in [0.1, 0.15) is 48.7 Å². The van der Waals surface area contributed by atoms with E-state index in [1.807, 2.05) is 0 Å². The molecule has 0 aliphatic heterocycles. The largest absolute Gasteiger partial charge is 0.478 e. The molecule has 3 rings (SSSR count). The third-order valence-corrected chi connectivity index (χ3v) is 5.97. The van der Waals surface area contributed by atoms with Crippen LogP contribution >= 0.6 is 11.3 Å². The Balaban J connectivity index is 1.74. The number of amides is 1. The van der Waals surface area contributed by atoms with Crippen LogP contribution in [0.25, 0.3) is 17.3 Å². The number of benzene rings is 2. The number of thiazole rings is 1. The predicted molar refractivity (Wildman–Crippen MR) is 132 cm³/mol. The summed E-state index contributed by atoms with van der Waals surface area (Å²) in [6, 6.07) is 6.48. The molecule has 0 atom stereocenters. The molecule has 36 heavy (non-hydrogen) atoms. The van der Waals surface area contributed by atoms with Gasteiger partial charge in [0.25, 0.3) is 5.91 Å². The third kappa shape index (κ3) is 6.79. The summed E-state index contributed by atoms with van der Waals surface area (Å²) in [6.07, 6.45) is 1.71. The number of nitrogens with zero attached hydrogens (tertiary/aromatic N) is 1. The Morgan fingerprint density at radius 3 is 2.53 bits per heavy atom. The van der Waals surface area contributed by atoms with Crippen LogP contribution < -0.4 is 5.32 Å². The van der Waals surface area contributed by atoms with E-state index in [1.165, 1.54) is 6.92 Å². The van der Waals surface area contributed by atoms with E-state index in [2.05, 4.69) is 24.1 Å². The molecular formula is C26H25F3N2O4S. The second-order valence-electron chi connectivity index (χ2n) is 8.49. The number of aliphatic carboxylic acids is 1. The molecule has 0 aliphatic carbocycles. The van der Waals surface area contributed by atoms with Crippen molar-refractivity contribution in [3.63, 3.8) is 0 Å². The highest BCUT2D eigenvalue weighted by Crippen LogP contribution is 2.29. The molecule has 1 amide bonds. The van der Waals surface area contributed by atoms with Gasteiger partial charge in [0.05, 0.1) is 12.3 Å². The van der Waals surface area contributed by atoms with Crippen molar-refractivity contribution in [3.8, 4) is 11.3 Å². The average Bonchev–Trinajstić information content (AvgIpc) is 3.27. The zero-order chi connectivity index (χ0) is 26.4.